The van der Waals surface area contributed by atoms with Crippen LogP contribution in [0.15, 0.2) is 40.2 Å². The average molecular weight is 388 g/mol. The van der Waals surface area contributed by atoms with E-state index in [-0.39, 0.29) is 0 Å². The van der Waals surface area contributed by atoms with Crippen LogP contribution in [0.4, 0.5) is 0 Å². The van der Waals surface area contributed by atoms with E-state index < -0.39 is 0 Å². The van der Waals surface area contributed by atoms with Gasteiger partial charge in [-0.15, -0.1) is 11.3 Å². The zero-order valence-corrected chi connectivity index (χ0v) is 15.4. The van der Waals surface area contributed by atoms with Crippen LogP contribution in [0.5, 0.6) is 0 Å². The zero-order valence-electron chi connectivity index (χ0n) is 12.3. The molecular formula is C16H20BrClN2S. The molecule has 2 aromatic rings. The number of rotatable bonds is 7. The van der Waals surface area contributed by atoms with E-state index >= 15 is 0 Å². The van der Waals surface area contributed by atoms with E-state index in [1.54, 1.807) is 11.3 Å². The number of nitrogens with zero attached hydrogens (tertiary/aromatic N) is 1. The Bertz CT molecular complexity index is 556. The molecule has 0 aliphatic heterocycles. The molecule has 1 aromatic heterocycles. The van der Waals surface area contributed by atoms with Gasteiger partial charge in [0, 0.05) is 45.4 Å². The van der Waals surface area contributed by atoms with Crippen molar-refractivity contribution in [2.24, 2.45) is 0 Å². The van der Waals surface area contributed by atoms with E-state index in [1.807, 2.05) is 12.1 Å². The minimum absolute atomic E-state index is 0.389. The normalized spacial score (nSPS) is 12.8. The smallest absolute Gasteiger partial charge is 0.0406 e. The summed E-state index contributed by atoms with van der Waals surface area (Å²) in [6.07, 6.45) is 0. The monoisotopic (exact) mass is 386 g/mol. The summed E-state index contributed by atoms with van der Waals surface area (Å²) < 4.78 is 1.16. The Morgan fingerprint density at radius 2 is 2.05 bits per heavy atom. The van der Waals surface area contributed by atoms with Gasteiger partial charge in [-0.25, -0.2) is 0 Å². The summed E-state index contributed by atoms with van der Waals surface area (Å²) in [5.41, 5.74) is 1.30. The zero-order chi connectivity index (χ0) is 15.2. The molecule has 1 heterocycles. The summed E-state index contributed by atoms with van der Waals surface area (Å²) in [6.45, 7) is 5.14. The molecule has 0 aliphatic carbocycles. The lowest BCUT2D eigenvalue weighted by molar-refractivity contribution is 0.261. The lowest BCUT2D eigenvalue weighted by Crippen LogP contribution is -2.30. The molecule has 21 heavy (non-hydrogen) atoms. The molecule has 1 aromatic carbocycles. The van der Waals surface area contributed by atoms with Crippen molar-refractivity contribution in [3.05, 3.63) is 55.6 Å². The summed E-state index contributed by atoms with van der Waals surface area (Å²) in [5.74, 6) is 0. The van der Waals surface area contributed by atoms with E-state index in [9.17, 15) is 0 Å². The van der Waals surface area contributed by atoms with Gasteiger partial charge < -0.3 is 5.32 Å². The lowest BCUT2D eigenvalue weighted by Gasteiger charge is -2.25. The van der Waals surface area contributed by atoms with Crippen molar-refractivity contribution < 1.29 is 0 Å². The molecule has 5 heteroatoms. The number of halogens is 2. The van der Waals surface area contributed by atoms with Gasteiger partial charge in [0.15, 0.2) is 0 Å². The molecule has 114 valence electrons. The van der Waals surface area contributed by atoms with Gasteiger partial charge in [0.1, 0.15) is 0 Å². The first-order valence-electron chi connectivity index (χ1n) is 6.95. The Labute approximate surface area is 144 Å². The highest BCUT2D eigenvalue weighted by atomic mass is 79.9. The number of benzene rings is 1. The van der Waals surface area contributed by atoms with Crippen LogP contribution in [0, 0.1) is 0 Å². The van der Waals surface area contributed by atoms with Crippen molar-refractivity contribution >= 4 is 38.9 Å². The molecule has 1 unspecified atom stereocenters. The Balaban J connectivity index is 1.73. The van der Waals surface area contributed by atoms with Crippen LogP contribution in [-0.4, -0.2) is 25.0 Å². The predicted octanol–water partition coefficient (Wildman–Crippen LogP) is 4.95. The first kappa shape index (κ1) is 17.0. The Kier molecular flexibility index (Phi) is 6.71. The fraction of sp³-hybridized carbons (Fsp3) is 0.375. The van der Waals surface area contributed by atoms with Crippen LogP contribution in [0.2, 0.25) is 5.02 Å². The van der Waals surface area contributed by atoms with Crippen LogP contribution in [-0.2, 0) is 6.54 Å². The highest BCUT2D eigenvalue weighted by molar-refractivity contribution is 9.10. The summed E-state index contributed by atoms with van der Waals surface area (Å²) in [6, 6.07) is 10.7. The predicted molar refractivity (Wildman–Crippen MR) is 96.2 cm³/mol. The first-order valence-corrected chi connectivity index (χ1v) is 9.00. The standard InChI is InChI=1S/C16H20BrClN2S/c1-12(13-3-5-15(18)6-4-13)20(2)8-7-19-10-16-9-14(17)11-21-16/h3-6,9,11-12,19H,7-8,10H2,1-2H3. The highest BCUT2D eigenvalue weighted by Crippen LogP contribution is 2.21. The van der Waals surface area contributed by atoms with E-state index in [0.29, 0.717) is 6.04 Å². The molecule has 0 spiro atoms. The molecule has 0 bridgehead atoms. The van der Waals surface area contributed by atoms with Gasteiger partial charge >= 0.3 is 0 Å². The number of nitrogens with one attached hydrogen (secondary N) is 1. The number of thiophene rings is 1. The topological polar surface area (TPSA) is 15.3 Å². The van der Waals surface area contributed by atoms with E-state index in [2.05, 4.69) is 63.7 Å². The Hall–Kier alpha value is -0.390. The molecule has 0 radical (unpaired) electrons. The van der Waals surface area contributed by atoms with Crippen molar-refractivity contribution in [1.82, 2.24) is 10.2 Å². The molecule has 2 rings (SSSR count). The fourth-order valence-electron chi connectivity index (χ4n) is 2.10. The second-order valence-corrected chi connectivity index (χ2v) is 7.46. The summed E-state index contributed by atoms with van der Waals surface area (Å²) in [7, 11) is 2.16. The van der Waals surface area contributed by atoms with Gasteiger partial charge in [-0.1, -0.05) is 23.7 Å². The number of hydrogen-bond acceptors (Lipinski definition) is 3. The third kappa shape index (κ3) is 5.38. The third-order valence-electron chi connectivity index (χ3n) is 3.58. The van der Waals surface area contributed by atoms with E-state index in [0.717, 1.165) is 29.1 Å². The molecule has 2 nitrogen and oxygen atoms in total. The quantitative estimate of drug-likeness (QED) is 0.676. The van der Waals surface area contributed by atoms with Crippen LogP contribution in [0.3, 0.4) is 0 Å². The molecular weight excluding hydrogens is 368 g/mol. The largest absolute Gasteiger partial charge is 0.311 e. The Morgan fingerprint density at radius 1 is 1.33 bits per heavy atom. The summed E-state index contributed by atoms with van der Waals surface area (Å²) in [5, 5.41) is 6.39. The molecule has 0 saturated carbocycles. The second kappa shape index (κ2) is 8.30. The van der Waals surface area contributed by atoms with Crippen LogP contribution >= 0.6 is 38.9 Å². The van der Waals surface area contributed by atoms with Gasteiger partial charge in [-0.2, -0.15) is 0 Å². The van der Waals surface area contributed by atoms with Gasteiger partial charge in [0.2, 0.25) is 0 Å². The average Bonchev–Trinajstić information content (AvgIpc) is 2.89. The van der Waals surface area contributed by atoms with Crippen molar-refractivity contribution in [3.63, 3.8) is 0 Å². The molecule has 1 N–H and O–H groups in total. The van der Waals surface area contributed by atoms with Crippen molar-refractivity contribution in [2.75, 3.05) is 20.1 Å². The summed E-state index contributed by atoms with van der Waals surface area (Å²) in [4.78, 5) is 3.70. The summed E-state index contributed by atoms with van der Waals surface area (Å²) >= 11 is 11.2. The maximum Gasteiger partial charge on any atom is 0.0406 e. The van der Waals surface area contributed by atoms with Gasteiger partial charge in [0.25, 0.3) is 0 Å². The first-order chi connectivity index (χ1) is 10.1. The van der Waals surface area contributed by atoms with Gasteiger partial charge in [0.05, 0.1) is 0 Å². The van der Waals surface area contributed by atoms with Crippen molar-refractivity contribution in [2.45, 2.75) is 19.5 Å². The Morgan fingerprint density at radius 3 is 2.67 bits per heavy atom. The van der Waals surface area contributed by atoms with Gasteiger partial charge in [-0.05, 0) is 53.7 Å². The van der Waals surface area contributed by atoms with Crippen molar-refractivity contribution in [1.29, 1.82) is 0 Å². The minimum atomic E-state index is 0.389. The molecule has 1 atom stereocenters. The van der Waals surface area contributed by atoms with Crippen LogP contribution in [0.1, 0.15) is 23.4 Å². The molecule has 0 fully saturated rings. The maximum atomic E-state index is 5.93. The lowest BCUT2D eigenvalue weighted by atomic mass is 10.1. The SMILES string of the molecule is CC(c1ccc(Cl)cc1)N(C)CCNCc1cc(Br)cs1. The van der Waals surface area contributed by atoms with E-state index in [4.69, 9.17) is 11.6 Å². The molecule has 0 amide bonds. The number of likely N-dealkylation sites (N-methyl/N-ethyl adjacent to an activating group) is 1. The minimum Gasteiger partial charge on any atom is -0.311 e. The molecule has 0 aliphatic rings. The highest BCUT2D eigenvalue weighted by Gasteiger charge is 2.10. The fourth-order valence-corrected chi connectivity index (χ4v) is 3.65. The van der Waals surface area contributed by atoms with Crippen LogP contribution in [0.25, 0.3) is 0 Å². The number of hydrogen-bond donors (Lipinski definition) is 1. The van der Waals surface area contributed by atoms with E-state index in [1.165, 1.54) is 10.4 Å². The van der Waals surface area contributed by atoms with Crippen LogP contribution < -0.4 is 5.32 Å². The second-order valence-electron chi connectivity index (χ2n) is 5.12. The van der Waals surface area contributed by atoms with Crippen molar-refractivity contribution in [3.8, 4) is 0 Å². The third-order valence-corrected chi connectivity index (χ3v) is 5.53. The maximum absolute atomic E-state index is 5.93. The molecule has 0 saturated heterocycles. The van der Waals surface area contributed by atoms with Gasteiger partial charge in [-0.3, -0.25) is 4.90 Å².